The zero-order valence-corrected chi connectivity index (χ0v) is 29.1. The number of hydrogen-bond donors (Lipinski definition) is 0. The number of aromatic nitrogens is 1. The normalized spacial score (nSPS) is 14.9. The van der Waals surface area contributed by atoms with E-state index in [-0.39, 0.29) is 28.1 Å². The van der Waals surface area contributed by atoms with Crippen molar-refractivity contribution in [1.82, 2.24) is 4.57 Å². The molecule has 47 heavy (non-hydrogen) atoms. The highest BCUT2D eigenvalue weighted by molar-refractivity contribution is 9.10. The van der Waals surface area contributed by atoms with Crippen LogP contribution >= 0.6 is 62.1 Å². The Morgan fingerprint density at radius 3 is 2.38 bits per heavy atom. The molecule has 0 saturated carbocycles. The van der Waals surface area contributed by atoms with Crippen LogP contribution in [0.1, 0.15) is 36.6 Å². The summed E-state index contributed by atoms with van der Waals surface area (Å²) in [4.78, 5) is 30.5. The second-order valence-electron chi connectivity index (χ2n) is 9.91. The summed E-state index contributed by atoms with van der Waals surface area (Å²) in [5, 5.41) is 1.11. The Bertz CT molecular complexity index is 2060. The first-order valence-corrected chi connectivity index (χ1v) is 16.7. The molecule has 0 N–H and O–H groups in total. The molecule has 0 radical (unpaired) electrons. The zero-order chi connectivity index (χ0) is 34.0. The zero-order valence-electron chi connectivity index (χ0n) is 24.5. The maximum absolute atomic E-state index is 14.4. The van der Waals surface area contributed by atoms with Crippen molar-refractivity contribution >= 4 is 74.1 Å². The lowest BCUT2D eigenvalue weighted by Crippen LogP contribution is -2.41. The molecule has 7 nitrogen and oxygen atoms in total. The fourth-order valence-corrected chi connectivity index (χ4v) is 6.83. The Morgan fingerprint density at radius 2 is 1.74 bits per heavy atom. The minimum atomic E-state index is -5.02. The van der Waals surface area contributed by atoms with Crippen LogP contribution in [0.2, 0.25) is 15.1 Å². The van der Waals surface area contributed by atoms with Gasteiger partial charge in [-0.15, -0.1) is 0 Å². The van der Waals surface area contributed by atoms with Gasteiger partial charge in [-0.1, -0.05) is 64.3 Å². The van der Waals surface area contributed by atoms with E-state index in [0.29, 0.717) is 43.2 Å². The minimum absolute atomic E-state index is 0.0631. The van der Waals surface area contributed by atoms with Gasteiger partial charge in [-0.2, -0.15) is 13.2 Å². The molecule has 0 bridgehead atoms. The first kappa shape index (κ1) is 35.0. The van der Waals surface area contributed by atoms with Crippen molar-refractivity contribution in [3.05, 3.63) is 122 Å². The van der Waals surface area contributed by atoms with Crippen molar-refractivity contribution in [2.45, 2.75) is 32.7 Å². The maximum Gasteiger partial charge on any atom is 0.434 e. The summed E-state index contributed by atoms with van der Waals surface area (Å²) in [5.41, 5.74) is -1.44. The number of nitrogens with zero attached hydrogens (tertiary/aromatic N) is 2. The number of carbonyl (C=O) groups excluding carboxylic acids is 1. The summed E-state index contributed by atoms with van der Waals surface area (Å²) >= 11 is 22.4. The van der Waals surface area contributed by atoms with Crippen LogP contribution in [0.4, 0.5) is 13.2 Å². The van der Waals surface area contributed by atoms with Gasteiger partial charge in [-0.05, 0) is 88.9 Å². The van der Waals surface area contributed by atoms with Crippen molar-refractivity contribution in [2.75, 3.05) is 13.2 Å². The van der Waals surface area contributed by atoms with E-state index in [0.717, 1.165) is 21.5 Å². The molecular formula is C32H23BrCl3F3N2O5S. The molecule has 0 fully saturated rings. The summed E-state index contributed by atoms with van der Waals surface area (Å²) < 4.78 is 61.7. The van der Waals surface area contributed by atoms with Gasteiger partial charge in [-0.25, -0.2) is 9.79 Å². The van der Waals surface area contributed by atoms with Gasteiger partial charge in [0.1, 0.15) is 6.61 Å². The topological polar surface area (TPSA) is 79.1 Å². The van der Waals surface area contributed by atoms with Crippen molar-refractivity contribution < 1.29 is 32.2 Å². The molecule has 2 heterocycles. The number of esters is 1. The third kappa shape index (κ3) is 7.57. The predicted octanol–water partition coefficient (Wildman–Crippen LogP) is 8.04. The highest BCUT2D eigenvalue weighted by atomic mass is 79.9. The molecular weight excluding hydrogens is 768 g/mol. The second kappa shape index (κ2) is 14.4. The molecule has 1 aliphatic heterocycles. The number of ether oxygens (including phenoxy) is 3. The maximum atomic E-state index is 14.4. The summed E-state index contributed by atoms with van der Waals surface area (Å²) in [6.07, 6.45) is -3.52. The van der Waals surface area contributed by atoms with Gasteiger partial charge in [-0.3, -0.25) is 9.36 Å². The fourth-order valence-electron chi connectivity index (χ4n) is 4.81. The Morgan fingerprint density at radius 1 is 1.02 bits per heavy atom. The van der Waals surface area contributed by atoms with Crippen LogP contribution < -0.4 is 24.4 Å². The summed E-state index contributed by atoms with van der Waals surface area (Å²) in [5.74, 6) is -0.503. The minimum Gasteiger partial charge on any atom is -0.490 e. The van der Waals surface area contributed by atoms with Gasteiger partial charge in [0.2, 0.25) is 0 Å². The lowest BCUT2D eigenvalue weighted by atomic mass is 9.95. The van der Waals surface area contributed by atoms with E-state index in [1.54, 1.807) is 37.3 Å². The average Bonchev–Trinajstić information content (AvgIpc) is 3.32. The van der Waals surface area contributed by atoms with Gasteiger partial charge in [0.15, 0.2) is 22.0 Å². The number of rotatable bonds is 9. The molecule has 5 rings (SSSR count). The van der Waals surface area contributed by atoms with Crippen LogP contribution in [0, 0.1) is 0 Å². The van der Waals surface area contributed by atoms with E-state index in [1.165, 1.54) is 37.3 Å². The number of alkyl halides is 3. The molecule has 4 aromatic rings. The molecule has 1 aliphatic rings. The fraction of sp³-hybridized carbons (Fsp3) is 0.219. The van der Waals surface area contributed by atoms with Gasteiger partial charge in [0.25, 0.3) is 5.56 Å². The molecule has 3 aromatic carbocycles. The number of hydrogen-bond acceptors (Lipinski definition) is 7. The molecule has 0 amide bonds. The van der Waals surface area contributed by atoms with Crippen LogP contribution in [0.5, 0.6) is 11.5 Å². The largest absolute Gasteiger partial charge is 0.490 e. The number of carbonyl (C=O) groups is 1. The average molecular weight is 791 g/mol. The number of fused-ring (bicyclic) bond motifs is 1. The third-order valence-corrected chi connectivity index (χ3v) is 9.34. The predicted molar refractivity (Wildman–Crippen MR) is 178 cm³/mol. The van der Waals surface area contributed by atoms with Gasteiger partial charge >= 0.3 is 12.1 Å². The monoisotopic (exact) mass is 788 g/mol. The SMILES string of the molecule is CCOC(=O)C1=C(C(F)(F)F)N=c2s/c(=C\c3cc(Br)c(OCc4ccc(Cl)c(Cl)c4)c(OCC)c3)c(=O)n2[C@@H]1c1ccc(Cl)cc1. The van der Waals surface area contributed by atoms with E-state index in [4.69, 9.17) is 49.0 Å². The molecule has 0 spiro atoms. The van der Waals surface area contributed by atoms with Gasteiger partial charge < -0.3 is 14.2 Å². The number of halogens is 7. The van der Waals surface area contributed by atoms with Crippen molar-refractivity contribution in [1.29, 1.82) is 0 Å². The summed E-state index contributed by atoms with van der Waals surface area (Å²) in [6.45, 7) is 3.51. The Labute approximate surface area is 293 Å². The standard InChI is InChI=1S/C32H23BrCl3F3N2O5S/c1-3-44-23-13-17(11-20(33)27(23)46-15-16-5-10-21(35)22(36)12-16)14-24-29(42)41-26(18-6-8-19(34)9-7-18)25(30(43)45-4-2)28(32(37,38)39)40-31(41)47-24/h5-14,26H,3-4,15H2,1-2H3/b24-14-/t26-/m1/s1. The van der Waals surface area contributed by atoms with Crippen molar-refractivity contribution in [3.8, 4) is 11.5 Å². The molecule has 0 aliphatic carbocycles. The molecule has 1 atom stereocenters. The third-order valence-electron chi connectivity index (χ3n) is 6.78. The van der Waals surface area contributed by atoms with Crippen LogP contribution in [-0.2, 0) is 16.1 Å². The second-order valence-corrected chi connectivity index (χ2v) is 13.0. The molecule has 15 heteroatoms. The Balaban J connectivity index is 1.64. The highest BCUT2D eigenvalue weighted by Crippen LogP contribution is 2.40. The number of allylic oxidation sites excluding steroid dienone is 1. The van der Waals surface area contributed by atoms with Crippen LogP contribution in [0.3, 0.4) is 0 Å². The van der Waals surface area contributed by atoms with Crippen LogP contribution in [-0.4, -0.2) is 29.9 Å². The first-order chi connectivity index (χ1) is 22.3. The van der Waals surface area contributed by atoms with E-state index < -0.39 is 35.0 Å². The van der Waals surface area contributed by atoms with E-state index in [1.807, 2.05) is 0 Å². The van der Waals surface area contributed by atoms with Crippen LogP contribution in [0.15, 0.2) is 80.1 Å². The smallest absolute Gasteiger partial charge is 0.434 e. The van der Waals surface area contributed by atoms with E-state index in [9.17, 15) is 22.8 Å². The first-order valence-electron chi connectivity index (χ1n) is 13.9. The van der Waals surface area contributed by atoms with E-state index in [2.05, 4.69) is 20.9 Å². The van der Waals surface area contributed by atoms with Crippen molar-refractivity contribution in [2.24, 2.45) is 4.99 Å². The molecule has 0 unspecified atom stereocenters. The van der Waals surface area contributed by atoms with E-state index >= 15 is 0 Å². The lowest BCUT2D eigenvalue weighted by Gasteiger charge is -2.26. The Kier molecular flexibility index (Phi) is 10.8. The molecule has 246 valence electrons. The van der Waals surface area contributed by atoms with Gasteiger partial charge in [0.05, 0.1) is 43.9 Å². The summed E-state index contributed by atoms with van der Waals surface area (Å²) in [6, 6.07) is 12.8. The number of benzene rings is 3. The lowest BCUT2D eigenvalue weighted by molar-refractivity contribution is -0.140. The van der Waals surface area contributed by atoms with Crippen molar-refractivity contribution in [3.63, 3.8) is 0 Å². The molecule has 0 saturated heterocycles. The summed E-state index contributed by atoms with van der Waals surface area (Å²) in [7, 11) is 0. The quantitative estimate of drug-likeness (QED) is 0.161. The molecule has 1 aromatic heterocycles. The van der Waals surface area contributed by atoms with Gasteiger partial charge in [0, 0.05) is 5.02 Å². The Hall–Kier alpha value is -3.29. The number of thiazole rings is 1. The highest BCUT2D eigenvalue weighted by Gasteiger charge is 2.45. The van der Waals surface area contributed by atoms with Crippen LogP contribution in [0.25, 0.3) is 6.08 Å².